The second-order valence-corrected chi connectivity index (χ2v) is 7.41. The number of hydrogen-bond donors (Lipinski definition) is 1. The van der Waals surface area contributed by atoms with Gasteiger partial charge in [0.05, 0.1) is 11.1 Å². The molecule has 1 unspecified atom stereocenters. The van der Waals surface area contributed by atoms with Gasteiger partial charge in [-0.2, -0.15) is 0 Å². The SMILES string of the molecule is Cc1cc(N2CCCCC2CCO)c2cc(-c3ccc(Cl)cc3)oc2n1. The number of hydrogen-bond acceptors (Lipinski definition) is 4. The van der Waals surface area contributed by atoms with Gasteiger partial charge in [-0.05, 0) is 69.0 Å². The maximum Gasteiger partial charge on any atom is 0.229 e. The number of aliphatic hydroxyl groups excluding tert-OH is 1. The highest BCUT2D eigenvalue weighted by molar-refractivity contribution is 6.30. The number of anilines is 1. The molecule has 0 amide bonds. The maximum absolute atomic E-state index is 9.46. The molecule has 1 saturated heterocycles. The van der Waals surface area contributed by atoms with Crippen molar-refractivity contribution in [2.45, 2.75) is 38.6 Å². The smallest absolute Gasteiger partial charge is 0.229 e. The van der Waals surface area contributed by atoms with E-state index in [-0.39, 0.29) is 6.61 Å². The third-order valence-electron chi connectivity index (χ3n) is 5.14. The van der Waals surface area contributed by atoms with Gasteiger partial charge in [-0.3, -0.25) is 0 Å². The molecule has 0 aliphatic carbocycles. The van der Waals surface area contributed by atoms with Crippen LogP contribution in [0, 0.1) is 6.92 Å². The minimum Gasteiger partial charge on any atom is -0.438 e. The number of benzene rings is 1. The highest BCUT2D eigenvalue weighted by Crippen LogP contribution is 2.37. The van der Waals surface area contributed by atoms with Gasteiger partial charge in [0.1, 0.15) is 5.76 Å². The molecule has 1 aliphatic rings. The Morgan fingerprint density at radius 3 is 2.81 bits per heavy atom. The molecule has 4 nitrogen and oxygen atoms in total. The number of aliphatic hydroxyl groups is 1. The normalized spacial score (nSPS) is 17.8. The van der Waals surface area contributed by atoms with Crippen LogP contribution in [-0.2, 0) is 0 Å². The van der Waals surface area contributed by atoms with Gasteiger partial charge in [0.15, 0.2) is 0 Å². The number of piperidine rings is 1. The van der Waals surface area contributed by atoms with E-state index >= 15 is 0 Å². The van der Waals surface area contributed by atoms with E-state index in [0.29, 0.717) is 16.8 Å². The first-order valence-electron chi connectivity index (χ1n) is 9.20. The van der Waals surface area contributed by atoms with Gasteiger partial charge in [0.2, 0.25) is 5.71 Å². The van der Waals surface area contributed by atoms with E-state index in [0.717, 1.165) is 47.5 Å². The molecule has 3 heterocycles. The lowest BCUT2D eigenvalue weighted by Crippen LogP contribution is -2.40. The van der Waals surface area contributed by atoms with Crippen molar-refractivity contribution in [3.05, 3.63) is 47.1 Å². The number of aryl methyl sites for hydroxylation is 1. The molecule has 2 aromatic heterocycles. The number of nitrogens with zero attached hydrogens (tertiary/aromatic N) is 2. The van der Waals surface area contributed by atoms with Gasteiger partial charge in [-0.15, -0.1) is 0 Å². The van der Waals surface area contributed by atoms with E-state index in [2.05, 4.69) is 22.0 Å². The summed E-state index contributed by atoms with van der Waals surface area (Å²) in [5.41, 5.74) is 3.76. The summed E-state index contributed by atoms with van der Waals surface area (Å²) in [5, 5.41) is 11.2. The Kier molecular flexibility index (Phi) is 4.88. The van der Waals surface area contributed by atoms with Gasteiger partial charge in [-0.25, -0.2) is 4.98 Å². The van der Waals surface area contributed by atoms with Crippen molar-refractivity contribution < 1.29 is 9.52 Å². The first-order valence-corrected chi connectivity index (χ1v) is 9.58. The van der Waals surface area contributed by atoms with E-state index in [1.807, 2.05) is 31.2 Å². The fourth-order valence-corrected chi connectivity index (χ4v) is 4.00. The van der Waals surface area contributed by atoms with Gasteiger partial charge < -0.3 is 14.4 Å². The zero-order valence-corrected chi connectivity index (χ0v) is 15.7. The summed E-state index contributed by atoms with van der Waals surface area (Å²) in [6.45, 7) is 3.22. The molecule has 0 saturated carbocycles. The predicted octanol–water partition coefficient (Wildman–Crippen LogP) is 5.20. The largest absolute Gasteiger partial charge is 0.438 e. The van der Waals surface area contributed by atoms with Crippen LogP contribution in [0.5, 0.6) is 0 Å². The third kappa shape index (κ3) is 3.31. The molecule has 136 valence electrons. The Balaban J connectivity index is 1.80. The van der Waals surface area contributed by atoms with E-state index in [1.54, 1.807) is 0 Å². The molecule has 1 aromatic carbocycles. The van der Waals surface area contributed by atoms with Crippen molar-refractivity contribution in [2.24, 2.45) is 0 Å². The maximum atomic E-state index is 9.46. The lowest BCUT2D eigenvalue weighted by atomic mass is 9.98. The number of rotatable bonds is 4. The van der Waals surface area contributed by atoms with Crippen molar-refractivity contribution in [3.63, 3.8) is 0 Å². The van der Waals surface area contributed by atoms with Crippen LogP contribution >= 0.6 is 11.6 Å². The highest BCUT2D eigenvalue weighted by atomic mass is 35.5. The summed E-state index contributed by atoms with van der Waals surface area (Å²) in [5.74, 6) is 0.798. The molecule has 1 aliphatic heterocycles. The number of furan rings is 1. The average Bonchev–Trinajstić information content (AvgIpc) is 3.06. The van der Waals surface area contributed by atoms with E-state index in [4.69, 9.17) is 16.0 Å². The van der Waals surface area contributed by atoms with Crippen LogP contribution in [0.1, 0.15) is 31.4 Å². The molecule has 0 radical (unpaired) electrons. The topological polar surface area (TPSA) is 49.5 Å². The zero-order valence-electron chi connectivity index (χ0n) is 14.9. The number of halogens is 1. The summed E-state index contributed by atoms with van der Waals surface area (Å²) in [6, 6.07) is 12.2. The third-order valence-corrected chi connectivity index (χ3v) is 5.39. The first kappa shape index (κ1) is 17.4. The Hall–Kier alpha value is -2.04. The summed E-state index contributed by atoms with van der Waals surface area (Å²) in [4.78, 5) is 7.03. The quantitative estimate of drug-likeness (QED) is 0.685. The number of fused-ring (bicyclic) bond motifs is 1. The van der Waals surface area contributed by atoms with E-state index in [1.165, 1.54) is 12.8 Å². The molecule has 0 spiro atoms. The Labute approximate surface area is 158 Å². The molecular formula is C21H23ClN2O2. The summed E-state index contributed by atoms with van der Waals surface area (Å²) >= 11 is 6.00. The minimum atomic E-state index is 0.218. The molecule has 3 aromatic rings. The lowest BCUT2D eigenvalue weighted by molar-refractivity contribution is 0.262. The lowest BCUT2D eigenvalue weighted by Gasteiger charge is -2.37. The minimum absolute atomic E-state index is 0.218. The number of pyridine rings is 1. The van der Waals surface area contributed by atoms with E-state index < -0.39 is 0 Å². The van der Waals surface area contributed by atoms with Gasteiger partial charge in [0.25, 0.3) is 0 Å². The monoisotopic (exact) mass is 370 g/mol. The standard InChI is InChI=1S/C21H23ClN2O2/c1-14-12-19(24-10-3-2-4-17(24)9-11-25)18-13-20(26-21(18)23-14)15-5-7-16(22)8-6-15/h5-8,12-13,17,25H,2-4,9-11H2,1H3. The Bertz CT molecular complexity index is 902. The first-order chi connectivity index (χ1) is 12.7. The molecule has 0 bridgehead atoms. The van der Waals surface area contributed by atoms with Crippen molar-refractivity contribution >= 4 is 28.4 Å². The zero-order chi connectivity index (χ0) is 18.1. The second-order valence-electron chi connectivity index (χ2n) is 6.97. The summed E-state index contributed by atoms with van der Waals surface area (Å²) < 4.78 is 6.07. The molecule has 5 heteroatoms. The fourth-order valence-electron chi connectivity index (χ4n) is 3.88. The average molecular weight is 371 g/mol. The van der Waals surface area contributed by atoms with Crippen LogP contribution in [-0.4, -0.2) is 29.3 Å². The highest BCUT2D eigenvalue weighted by Gasteiger charge is 2.25. The second kappa shape index (κ2) is 7.29. The molecule has 1 fully saturated rings. The predicted molar refractivity (Wildman–Crippen MR) is 106 cm³/mol. The van der Waals surface area contributed by atoms with Crippen molar-refractivity contribution in [1.82, 2.24) is 4.98 Å². The molecule has 4 rings (SSSR count). The van der Waals surface area contributed by atoms with Crippen molar-refractivity contribution in [3.8, 4) is 11.3 Å². The van der Waals surface area contributed by atoms with Crippen molar-refractivity contribution in [1.29, 1.82) is 0 Å². The summed E-state index contributed by atoms with van der Waals surface area (Å²) in [7, 11) is 0. The van der Waals surface area contributed by atoms with E-state index in [9.17, 15) is 5.11 Å². The molecule has 26 heavy (non-hydrogen) atoms. The molecule has 1 N–H and O–H groups in total. The van der Waals surface area contributed by atoms with Crippen molar-refractivity contribution in [2.75, 3.05) is 18.1 Å². The van der Waals surface area contributed by atoms with Gasteiger partial charge in [0, 0.05) is 35.5 Å². The van der Waals surface area contributed by atoms with Crippen LogP contribution in [0.15, 0.2) is 40.8 Å². The van der Waals surface area contributed by atoms with Crippen LogP contribution < -0.4 is 4.90 Å². The molecule has 1 atom stereocenters. The molecular weight excluding hydrogens is 348 g/mol. The van der Waals surface area contributed by atoms with Gasteiger partial charge in [-0.1, -0.05) is 11.6 Å². The fraction of sp³-hybridized carbons (Fsp3) is 0.381. The van der Waals surface area contributed by atoms with Crippen LogP contribution in [0.2, 0.25) is 5.02 Å². The number of aromatic nitrogens is 1. The Morgan fingerprint density at radius 1 is 1.23 bits per heavy atom. The van der Waals surface area contributed by atoms with Crippen LogP contribution in [0.25, 0.3) is 22.4 Å². The Morgan fingerprint density at radius 2 is 2.04 bits per heavy atom. The summed E-state index contributed by atoms with van der Waals surface area (Å²) in [6.07, 6.45) is 4.30. The van der Waals surface area contributed by atoms with Crippen LogP contribution in [0.4, 0.5) is 5.69 Å². The van der Waals surface area contributed by atoms with Gasteiger partial charge >= 0.3 is 0 Å². The van der Waals surface area contributed by atoms with Crippen LogP contribution in [0.3, 0.4) is 0 Å².